The molecule has 0 aliphatic heterocycles. The van der Waals surface area contributed by atoms with Gasteiger partial charge in [-0.3, -0.25) is 9.48 Å². The van der Waals surface area contributed by atoms with Crippen LogP contribution in [0.1, 0.15) is 65.5 Å². The van der Waals surface area contributed by atoms with Crippen molar-refractivity contribution in [1.82, 2.24) is 9.78 Å². The van der Waals surface area contributed by atoms with Crippen LogP contribution >= 0.6 is 0 Å². The van der Waals surface area contributed by atoms with E-state index in [1.54, 1.807) is 17.8 Å². The third kappa shape index (κ3) is 7.89. The van der Waals surface area contributed by atoms with E-state index >= 15 is 0 Å². The first-order valence-corrected chi connectivity index (χ1v) is 10.9. The Balaban J connectivity index is 0.00000113. The average Bonchev–Trinajstić information content (AvgIpc) is 3.21. The van der Waals surface area contributed by atoms with Gasteiger partial charge < -0.3 is 14.6 Å². The Morgan fingerprint density at radius 2 is 1.74 bits per heavy atom. The Bertz CT molecular complexity index is 935. The number of nitrogens with zero attached hydrogens (tertiary/aromatic N) is 2. The summed E-state index contributed by atoms with van der Waals surface area (Å²) in [4.78, 5) is 22.4. The summed E-state index contributed by atoms with van der Waals surface area (Å²) in [7, 11) is 0. The number of benzene rings is 2. The lowest BCUT2D eigenvalue weighted by Gasteiger charge is -2.17. The van der Waals surface area contributed by atoms with Crippen LogP contribution in [-0.2, 0) is 9.59 Å². The second kappa shape index (κ2) is 14.0. The molecule has 1 heterocycles. The molecule has 3 rings (SSSR count). The molecule has 2 aromatic carbocycles. The number of aliphatic carboxylic acids is 1. The van der Waals surface area contributed by atoms with E-state index in [1.165, 1.54) is 0 Å². The number of fused-ring (bicyclic) bond motifs is 1. The van der Waals surface area contributed by atoms with Crippen LogP contribution < -0.4 is 4.74 Å². The number of hydrogen-bond donors (Lipinski definition) is 1. The largest absolute Gasteiger partial charge is 0.494 e. The molecule has 3 aromatic rings. The number of aromatic nitrogens is 2. The van der Waals surface area contributed by atoms with E-state index in [-0.39, 0.29) is 18.2 Å². The summed E-state index contributed by atoms with van der Waals surface area (Å²) < 4.78 is 7.45. The lowest BCUT2D eigenvalue weighted by Crippen LogP contribution is -2.16. The first kappa shape index (κ1) is 25.9. The molecule has 0 bridgehead atoms. The Morgan fingerprint density at radius 3 is 2.35 bits per heavy atom. The molecule has 0 amide bonds. The summed E-state index contributed by atoms with van der Waals surface area (Å²) in [5.41, 5.74) is 1.75. The van der Waals surface area contributed by atoms with Crippen molar-refractivity contribution in [2.75, 3.05) is 6.61 Å². The normalized spacial score (nSPS) is 10.9. The molecule has 168 valence electrons. The monoisotopic (exact) mass is 426 g/mol. The van der Waals surface area contributed by atoms with Gasteiger partial charge in [0.05, 0.1) is 30.8 Å². The van der Waals surface area contributed by atoms with Gasteiger partial charge >= 0.3 is 5.97 Å². The molecule has 31 heavy (non-hydrogen) atoms. The third-order valence-corrected chi connectivity index (χ3v) is 4.36. The Kier molecular flexibility index (Phi) is 11.7. The molecule has 1 atom stereocenters. The van der Waals surface area contributed by atoms with Crippen LogP contribution in [0.25, 0.3) is 10.9 Å². The highest BCUT2D eigenvalue weighted by atomic mass is 16.5. The summed E-state index contributed by atoms with van der Waals surface area (Å²) in [5, 5.41) is 14.7. The van der Waals surface area contributed by atoms with Crippen LogP contribution in [0, 0.1) is 0 Å². The number of carbonyl (C=O) groups is 2. The third-order valence-electron chi connectivity index (χ3n) is 4.36. The summed E-state index contributed by atoms with van der Waals surface area (Å²) in [6.07, 6.45) is 2.86. The number of hydrogen-bond acceptors (Lipinski definition) is 4. The number of Topliss-reactive ketones (excluding diaryl/α,β-unsaturated/α-hetero) is 1. The lowest BCUT2D eigenvalue weighted by molar-refractivity contribution is -0.137. The zero-order valence-corrected chi connectivity index (χ0v) is 19.2. The lowest BCUT2D eigenvalue weighted by atomic mass is 10.0. The molecule has 0 spiro atoms. The fourth-order valence-electron chi connectivity index (χ4n) is 3.07. The minimum Gasteiger partial charge on any atom is -0.494 e. The van der Waals surface area contributed by atoms with Crippen LogP contribution in [0.15, 0.2) is 54.7 Å². The standard InChI is InChI=1S/C21H22N2O4.2C2H6/c1-15(24)6-5-11-27-18-9-10-19-17(12-18)14-22-23(19)20(13-21(25)26)16-7-3-2-4-8-16;2*1-2/h2-4,7-10,12,14,20H,5-6,11,13H2,1H3,(H,25,26);2*1-2H3. The molecule has 1 aromatic heterocycles. The topological polar surface area (TPSA) is 81.4 Å². The Morgan fingerprint density at radius 1 is 1.06 bits per heavy atom. The number of rotatable bonds is 9. The Hall–Kier alpha value is -3.15. The van der Waals surface area contributed by atoms with Crippen molar-refractivity contribution >= 4 is 22.7 Å². The maximum absolute atomic E-state index is 11.4. The van der Waals surface area contributed by atoms with Gasteiger partial charge in [0.2, 0.25) is 0 Å². The van der Waals surface area contributed by atoms with Crippen molar-refractivity contribution in [3.05, 3.63) is 60.3 Å². The Labute approximate surface area is 184 Å². The summed E-state index contributed by atoms with van der Waals surface area (Å²) >= 11 is 0. The van der Waals surface area contributed by atoms with E-state index in [9.17, 15) is 14.7 Å². The molecule has 0 aliphatic rings. The predicted octanol–water partition coefficient (Wildman–Crippen LogP) is 5.90. The number of carboxylic acid groups (broad SMARTS) is 1. The number of ketones is 1. The van der Waals surface area contributed by atoms with E-state index in [0.29, 0.717) is 25.2 Å². The van der Waals surface area contributed by atoms with E-state index < -0.39 is 5.97 Å². The number of ether oxygens (including phenoxy) is 1. The van der Waals surface area contributed by atoms with Crippen molar-refractivity contribution in [1.29, 1.82) is 0 Å². The quantitative estimate of drug-likeness (QED) is 0.431. The zero-order chi connectivity index (χ0) is 23.2. The van der Waals surface area contributed by atoms with Crippen LogP contribution in [0.4, 0.5) is 0 Å². The van der Waals surface area contributed by atoms with E-state index in [2.05, 4.69) is 5.10 Å². The van der Waals surface area contributed by atoms with Gasteiger partial charge in [0, 0.05) is 11.8 Å². The smallest absolute Gasteiger partial charge is 0.305 e. The van der Waals surface area contributed by atoms with Gasteiger partial charge in [-0.05, 0) is 37.1 Å². The van der Waals surface area contributed by atoms with E-state index in [0.717, 1.165) is 16.5 Å². The second-order valence-corrected chi connectivity index (χ2v) is 6.49. The summed E-state index contributed by atoms with van der Waals surface area (Å²) in [6, 6.07) is 14.7. The highest BCUT2D eigenvalue weighted by molar-refractivity contribution is 5.81. The van der Waals surface area contributed by atoms with E-state index in [1.807, 2.05) is 76.2 Å². The fraction of sp³-hybridized carbons (Fsp3) is 0.400. The SMILES string of the molecule is CC.CC.CC(=O)CCCOc1ccc2c(cnn2C(CC(=O)O)c2ccccc2)c1. The minimum atomic E-state index is -0.877. The molecule has 1 N–H and O–H groups in total. The highest BCUT2D eigenvalue weighted by Crippen LogP contribution is 2.28. The van der Waals surface area contributed by atoms with Crippen LogP contribution in [0.2, 0.25) is 0 Å². The summed E-state index contributed by atoms with van der Waals surface area (Å²) in [5.74, 6) is -0.0151. The predicted molar refractivity (Wildman–Crippen MR) is 125 cm³/mol. The average molecular weight is 427 g/mol. The van der Waals surface area contributed by atoms with Gasteiger partial charge in [0.25, 0.3) is 0 Å². The van der Waals surface area contributed by atoms with Crippen molar-refractivity contribution in [3.8, 4) is 5.75 Å². The van der Waals surface area contributed by atoms with Crippen molar-refractivity contribution < 1.29 is 19.4 Å². The van der Waals surface area contributed by atoms with Crippen molar-refractivity contribution in [2.45, 2.75) is 59.9 Å². The van der Waals surface area contributed by atoms with Gasteiger partial charge in [0.15, 0.2) is 0 Å². The van der Waals surface area contributed by atoms with Crippen molar-refractivity contribution in [2.24, 2.45) is 0 Å². The van der Waals surface area contributed by atoms with Gasteiger partial charge in [-0.25, -0.2) is 0 Å². The molecule has 0 aliphatic carbocycles. The molecular weight excluding hydrogens is 392 g/mol. The van der Waals surface area contributed by atoms with Crippen LogP contribution in [-0.4, -0.2) is 33.2 Å². The van der Waals surface area contributed by atoms with Gasteiger partial charge in [-0.15, -0.1) is 0 Å². The first-order valence-electron chi connectivity index (χ1n) is 10.9. The number of carbonyl (C=O) groups excluding carboxylic acids is 1. The maximum atomic E-state index is 11.4. The van der Waals surface area contributed by atoms with Crippen molar-refractivity contribution in [3.63, 3.8) is 0 Å². The maximum Gasteiger partial charge on any atom is 0.305 e. The molecule has 0 saturated heterocycles. The van der Waals surface area contributed by atoms with Crippen LogP contribution in [0.3, 0.4) is 0 Å². The molecule has 0 radical (unpaired) electrons. The minimum absolute atomic E-state index is 0.0515. The van der Waals surface area contributed by atoms with Crippen LogP contribution in [0.5, 0.6) is 5.75 Å². The second-order valence-electron chi connectivity index (χ2n) is 6.49. The summed E-state index contributed by atoms with van der Waals surface area (Å²) in [6.45, 7) is 10.0. The molecule has 1 unspecified atom stereocenters. The molecule has 0 saturated carbocycles. The highest BCUT2D eigenvalue weighted by Gasteiger charge is 2.20. The van der Waals surface area contributed by atoms with Gasteiger partial charge in [-0.2, -0.15) is 5.10 Å². The molecule has 0 fully saturated rings. The first-order chi connectivity index (χ1) is 15.0. The molecular formula is C25H34N2O4. The molecule has 6 heteroatoms. The zero-order valence-electron chi connectivity index (χ0n) is 19.2. The van der Waals surface area contributed by atoms with E-state index in [4.69, 9.17) is 4.74 Å². The fourth-order valence-corrected chi connectivity index (χ4v) is 3.07. The van der Waals surface area contributed by atoms with Gasteiger partial charge in [-0.1, -0.05) is 58.0 Å². The molecule has 6 nitrogen and oxygen atoms in total. The van der Waals surface area contributed by atoms with Gasteiger partial charge in [0.1, 0.15) is 11.5 Å². The number of carboxylic acids is 1.